The molecule has 1 N–H and O–H groups in total. The van der Waals surface area contributed by atoms with Gasteiger partial charge < -0.3 is 19.3 Å². The van der Waals surface area contributed by atoms with Gasteiger partial charge in [0.1, 0.15) is 12.2 Å². The van der Waals surface area contributed by atoms with Gasteiger partial charge in [-0.25, -0.2) is 4.79 Å². The van der Waals surface area contributed by atoms with Gasteiger partial charge in [-0.3, -0.25) is 0 Å². The lowest BCUT2D eigenvalue weighted by Crippen LogP contribution is -2.06. The van der Waals surface area contributed by atoms with Crippen LogP contribution in [-0.4, -0.2) is 49.7 Å². The second kappa shape index (κ2) is 11.2. The fourth-order valence-electron chi connectivity index (χ4n) is 0.659. The van der Waals surface area contributed by atoms with Crippen LogP contribution in [-0.2, 0) is 19.0 Å². The normalized spacial score (nSPS) is 22.8. The molecule has 2 rings (SSSR count). The van der Waals surface area contributed by atoms with Crippen LogP contribution in [0.5, 0.6) is 0 Å². The molecule has 106 valence electrons. The topological polar surface area (TPSA) is 71.6 Å². The van der Waals surface area contributed by atoms with Crippen molar-refractivity contribution in [1.29, 1.82) is 0 Å². The minimum Gasteiger partial charge on any atom is -0.478 e. The Kier molecular flexibility index (Phi) is 10.6. The van der Waals surface area contributed by atoms with E-state index in [2.05, 4.69) is 20.4 Å². The van der Waals surface area contributed by atoms with Crippen molar-refractivity contribution in [2.45, 2.75) is 38.9 Å². The molecule has 2 heterocycles. The Hall–Kier alpha value is -0.910. The van der Waals surface area contributed by atoms with Gasteiger partial charge in [0.2, 0.25) is 0 Å². The molecule has 0 aromatic heterocycles. The van der Waals surface area contributed by atoms with E-state index in [4.69, 9.17) is 19.3 Å². The Morgan fingerprint density at radius 2 is 1.61 bits per heavy atom. The highest BCUT2D eigenvalue weighted by molar-refractivity contribution is 5.78. The smallest absolute Gasteiger partial charge is 0.327 e. The van der Waals surface area contributed by atoms with Crippen molar-refractivity contribution in [3.05, 3.63) is 12.7 Å². The fraction of sp³-hybridized carbons (Fsp3) is 0.769. The third-order valence-corrected chi connectivity index (χ3v) is 2.09. The van der Waals surface area contributed by atoms with Crippen LogP contribution < -0.4 is 0 Å². The third-order valence-electron chi connectivity index (χ3n) is 2.09. The van der Waals surface area contributed by atoms with Crippen molar-refractivity contribution in [2.24, 2.45) is 0 Å². The van der Waals surface area contributed by atoms with Crippen LogP contribution in [0.1, 0.15) is 26.7 Å². The highest BCUT2D eigenvalue weighted by Crippen LogP contribution is 2.12. The quantitative estimate of drug-likeness (QED) is 0.583. The average molecular weight is 260 g/mol. The summed E-state index contributed by atoms with van der Waals surface area (Å²) in [4.78, 5) is 9.25. The highest BCUT2D eigenvalue weighted by Gasteiger charge is 2.26. The number of unbranched alkanes of at least 4 members (excludes halogenated alkanes) is 1. The molecule has 0 radical (unpaired) electrons. The van der Waals surface area contributed by atoms with Gasteiger partial charge in [0, 0.05) is 6.08 Å². The van der Waals surface area contributed by atoms with Crippen LogP contribution in [0, 0.1) is 0 Å². The summed E-state index contributed by atoms with van der Waals surface area (Å²) in [5.74, 6) is -0.981. The molecular weight excluding hydrogens is 236 g/mol. The lowest BCUT2D eigenvalue weighted by molar-refractivity contribution is -0.131. The molecular formula is C13H24O5. The Balaban J connectivity index is 0.000000278. The molecule has 2 saturated heterocycles. The molecule has 0 amide bonds. The van der Waals surface area contributed by atoms with E-state index in [0.717, 1.165) is 32.5 Å². The Morgan fingerprint density at radius 1 is 1.28 bits per heavy atom. The van der Waals surface area contributed by atoms with E-state index in [-0.39, 0.29) is 0 Å². The number of hydrogen-bond donors (Lipinski definition) is 1. The van der Waals surface area contributed by atoms with Gasteiger partial charge in [-0.15, -0.1) is 0 Å². The van der Waals surface area contributed by atoms with E-state index in [1.54, 1.807) is 0 Å². The summed E-state index contributed by atoms with van der Waals surface area (Å²) < 4.78 is 15.1. The predicted molar refractivity (Wildman–Crippen MR) is 68.7 cm³/mol. The molecule has 0 saturated carbocycles. The second-order valence-corrected chi connectivity index (χ2v) is 3.99. The van der Waals surface area contributed by atoms with E-state index in [1.165, 1.54) is 12.8 Å². The zero-order valence-corrected chi connectivity index (χ0v) is 11.3. The number of ether oxygens (including phenoxy) is 3. The zero-order chi connectivity index (χ0) is 13.8. The maximum absolute atomic E-state index is 9.25. The van der Waals surface area contributed by atoms with Gasteiger partial charge in [0.05, 0.1) is 26.4 Å². The first-order valence-corrected chi connectivity index (χ1v) is 6.30. The Morgan fingerprint density at radius 3 is 1.78 bits per heavy atom. The molecule has 2 fully saturated rings. The van der Waals surface area contributed by atoms with Gasteiger partial charge in [0.15, 0.2) is 0 Å². The van der Waals surface area contributed by atoms with E-state index in [9.17, 15) is 4.79 Å². The van der Waals surface area contributed by atoms with Gasteiger partial charge in [-0.1, -0.05) is 33.3 Å². The molecule has 2 aliphatic rings. The number of carboxylic acid groups (broad SMARTS) is 1. The molecule has 18 heavy (non-hydrogen) atoms. The van der Waals surface area contributed by atoms with E-state index >= 15 is 0 Å². The molecule has 0 aliphatic carbocycles. The molecule has 2 aliphatic heterocycles. The van der Waals surface area contributed by atoms with Gasteiger partial charge in [-0.2, -0.15) is 0 Å². The van der Waals surface area contributed by atoms with E-state index in [1.807, 2.05) is 0 Å². The van der Waals surface area contributed by atoms with Gasteiger partial charge >= 0.3 is 5.97 Å². The van der Waals surface area contributed by atoms with Crippen LogP contribution in [0.25, 0.3) is 0 Å². The number of aliphatic carboxylic acids is 1. The first-order valence-electron chi connectivity index (χ1n) is 6.30. The van der Waals surface area contributed by atoms with Crippen molar-refractivity contribution in [2.75, 3.05) is 26.4 Å². The SMILES string of the molecule is C(OCC1CO1)C1CO1.C=CC(=O)O.CCCC. The second-order valence-electron chi connectivity index (χ2n) is 3.99. The molecule has 5 heteroatoms. The molecule has 2 unspecified atom stereocenters. The van der Waals surface area contributed by atoms with Crippen LogP contribution in [0.15, 0.2) is 12.7 Å². The van der Waals surface area contributed by atoms with Crippen LogP contribution in [0.2, 0.25) is 0 Å². The zero-order valence-electron chi connectivity index (χ0n) is 11.3. The number of hydrogen-bond acceptors (Lipinski definition) is 4. The van der Waals surface area contributed by atoms with Gasteiger partial charge in [-0.05, 0) is 0 Å². The molecule has 2 atom stereocenters. The Labute approximate surface area is 109 Å². The van der Waals surface area contributed by atoms with E-state index in [0.29, 0.717) is 12.2 Å². The molecule has 0 bridgehead atoms. The van der Waals surface area contributed by atoms with Crippen molar-refractivity contribution in [1.82, 2.24) is 0 Å². The fourth-order valence-corrected chi connectivity index (χ4v) is 0.659. The summed E-state index contributed by atoms with van der Waals surface area (Å²) in [5, 5.41) is 7.60. The summed E-state index contributed by atoms with van der Waals surface area (Å²) in [6.07, 6.45) is 4.26. The number of epoxide rings is 2. The number of rotatable bonds is 6. The monoisotopic (exact) mass is 260 g/mol. The third kappa shape index (κ3) is 15.1. The minimum absolute atomic E-state index is 0.392. The maximum atomic E-state index is 9.25. The van der Waals surface area contributed by atoms with Crippen molar-refractivity contribution >= 4 is 5.97 Å². The predicted octanol–water partition coefficient (Wildman–Crippen LogP) is 1.86. The minimum atomic E-state index is -0.981. The molecule has 0 aromatic carbocycles. The first kappa shape index (κ1) is 17.1. The van der Waals surface area contributed by atoms with Crippen LogP contribution in [0.4, 0.5) is 0 Å². The first-order chi connectivity index (χ1) is 8.63. The van der Waals surface area contributed by atoms with E-state index < -0.39 is 5.97 Å². The number of carboxylic acids is 1. The lowest BCUT2D eigenvalue weighted by atomic mass is 10.4. The van der Waals surface area contributed by atoms with Crippen molar-refractivity contribution < 1.29 is 24.1 Å². The van der Waals surface area contributed by atoms with Crippen molar-refractivity contribution in [3.63, 3.8) is 0 Å². The highest BCUT2D eigenvalue weighted by atomic mass is 16.6. The summed E-state index contributed by atoms with van der Waals surface area (Å²) in [6.45, 7) is 10.6. The summed E-state index contributed by atoms with van der Waals surface area (Å²) in [6, 6.07) is 0. The van der Waals surface area contributed by atoms with Crippen LogP contribution in [0.3, 0.4) is 0 Å². The number of carbonyl (C=O) groups is 1. The maximum Gasteiger partial charge on any atom is 0.327 e. The summed E-state index contributed by atoms with van der Waals surface area (Å²) >= 11 is 0. The van der Waals surface area contributed by atoms with Crippen LogP contribution >= 0.6 is 0 Å². The molecule has 5 nitrogen and oxygen atoms in total. The summed E-state index contributed by atoms with van der Waals surface area (Å²) in [7, 11) is 0. The average Bonchev–Trinajstić information content (AvgIpc) is 3.24. The molecule has 0 aromatic rings. The standard InChI is InChI=1S/C6H10O3.C4H10.C3H4O2/c1(5-3-8-5)7-2-6-4-9-6;1-3-4-2;1-2-3(4)5/h5-6H,1-4H2;3-4H2,1-2H3;2H,1H2,(H,4,5). The lowest BCUT2D eigenvalue weighted by Gasteiger charge is -1.95. The Bertz CT molecular complexity index is 207. The van der Waals surface area contributed by atoms with Crippen molar-refractivity contribution in [3.8, 4) is 0 Å². The largest absolute Gasteiger partial charge is 0.478 e. The summed E-state index contributed by atoms with van der Waals surface area (Å²) in [5.41, 5.74) is 0. The molecule has 0 spiro atoms. The van der Waals surface area contributed by atoms with Gasteiger partial charge in [0.25, 0.3) is 0 Å².